The maximum Gasteiger partial charge on any atom is 0.0208 e. The molecule has 17 heavy (non-hydrogen) atoms. The number of hydrogen-bond acceptors (Lipinski definition) is 2. The lowest BCUT2D eigenvalue weighted by Gasteiger charge is -2.10. The van der Waals surface area contributed by atoms with Crippen LogP contribution < -0.4 is 10.6 Å². The van der Waals surface area contributed by atoms with Crippen LogP contribution >= 0.6 is 0 Å². The molecule has 1 aromatic rings. The molecule has 2 heteroatoms. The van der Waals surface area contributed by atoms with Crippen LogP contribution in [0.15, 0.2) is 18.2 Å². The van der Waals surface area contributed by atoms with E-state index in [0.717, 1.165) is 19.6 Å². The van der Waals surface area contributed by atoms with Crippen molar-refractivity contribution in [1.82, 2.24) is 10.6 Å². The molecule has 0 aliphatic carbocycles. The largest absolute Gasteiger partial charge is 0.314 e. The van der Waals surface area contributed by atoms with Crippen LogP contribution in [0.25, 0.3) is 0 Å². The Labute approximate surface area is 106 Å². The summed E-state index contributed by atoms with van der Waals surface area (Å²) in [4.78, 5) is 0. The van der Waals surface area contributed by atoms with Crippen LogP contribution in [-0.2, 0) is 6.54 Å². The molecule has 0 radical (unpaired) electrons. The summed E-state index contributed by atoms with van der Waals surface area (Å²) in [6.45, 7) is 11.8. The van der Waals surface area contributed by atoms with Crippen molar-refractivity contribution in [1.29, 1.82) is 0 Å². The summed E-state index contributed by atoms with van der Waals surface area (Å²) in [6, 6.07) is 7.24. The third-order valence-corrected chi connectivity index (χ3v) is 2.90. The molecule has 2 nitrogen and oxygen atoms in total. The summed E-state index contributed by atoms with van der Waals surface area (Å²) in [7, 11) is 0. The topological polar surface area (TPSA) is 24.1 Å². The Kier molecular flexibility index (Phi) is 6.23. The summed E-state index contributed by atoms with van der Waals surface area (Å²) in [5, 5.41) is 6.93. The average molecular weight is 234 g/mol. The van der Waals surface area contributed by atoms with Crippen molar-refractivity contribution in [3.8, 4) is 0 Å². The standard InChI is InChI=1S/C15H26N2/c1-12(2)17-9-5-8-16-11-15-10-13(3)6-7-14(15)4/h6-7,10,12,16-17H,5,8-9,11H2,1-4H3. The predicted octanol–water partition coefficient (Wildman–Crippen LogP) is 2.78. The maximum atomic E-state index is 3.50. The number of aryl methyl sites for hydroxylation is 2. The molecule has 2 N–H and O–H groups in total. The molecule has 1 aromatic carbocycles. The minimum atomic E-state index is 0.592. The second-order valence-electron chi connectivity index (χ2n) is 5.07. The van der Waals surface area contributed by atoms with Gasteiger partial charge in [0.15, 0.2) is 0 Å². The molecule has 0 aliphatic heterocycles. The lowest BCUT2D eigenvalue weighted by Crippen LogP contribution is -2.26. The van der Waals surface area contributed by atoms with Crippen molar-refractivity contribution >= 4 is 0 Å². The first-order valence-electron chi connectivity index (χ1n) is 6.60. The fraction of sp³-hybridized carbons (Fsp3) is 0.600. The Balaban J connectivity index is 2.20. The predicted molar refractivity (Wildman–Crippen MR) is 75.4 cm³/mol. The highest BCUT2D eigenvalue weighted by atomic mass is 14.9. The molecule has 0 atom stereocenters. The Morgan fingerprint density at radius 1 is 1.12 bits per heavy atom. The van der Waals surface area contributed by atoms with E-state index in [1.807, 2.05) is 0 Å². The van der Waals surface area contributed by atoms with E-state index < -0.39 is 0 Å². The van der Waals surface area contributed by atoms with Crippen LogP contribution in [0.3, 0.4) is 0 Å². The third-order valence-electron chi connectivity index (χ3n) is 2.90. The zero-order valence-electron chi connectivity index (χ0n) is 11.6. The van der Waals surface area contributed by atoms with E-state index in [2.05, 4.69) is 56.5 Å². The van der Waals surface area contributed by atoms with E-state index in [-0.39, 0.29) is 0 Å². The van der Waals surface area contributed by atoms with Gasteiger partial charge < -0.3 is 10.6 Å². The second-order valence-corrected chi connectivity index (χ2v) is 5.07. The molecular formula is C15H26N2. The van der Waals surface area contributed by atoms with Crippen molar-refractivity contribution in [3.05, 3.63) is 34.9 Å². The molecule has 0 saturated heterocycles. The molecule has 0 aromatic heterocycles. The van der Waals surface area contributed by atoms with Crippen LogP contribution in [0, 0.1) is 13.8 Å². The van der Waals surface area contributed by atoms with Gasteiger partial charge in [-0.15, -0.1) is 0 Å². The van der Waals surface area contributed by atoms with Crippen LogP contribution in [0.4, 0.5) is 0 Å². The molecule has 0 saturated carbocycles. The summed E-state index contributed by atoms with van der Waals surface area (Å²) in [5.74, 6) is 0. The summed E-state index contributed by atoms with van der Waals surface area (Å²) >= 11 is 0. The van der Waals surface area contributed by atoms with Crippen LogP contribution in [0.2, 0.25) is 0 Å². The molecule has 0 bridgehead atoms. The molecule has 0 unspecified atom stereocenters. The SMILES string of the molecule is Cc1ccc(C)c(CNCCCNC(C)C)c1. The minimum absolute atomic E-state index is 0.592. The van der Waals surface area contributed by atoms with E-state index in [4.69, 9.17) is 0 Å². The van der Waals surface area contributed by atoms with Crippen molar-refractivity contribution in [2.24, 2.45) is 0 Å². The van der Waals surface area contributed by atoms with E-state index in [1.54, 1.807) is 0 Å². The van der Waals surface area contributed by atoms with Crippen molar-refractivity contribution in [3.63, 3.8) is 0 Å². The van der Waals surface area contributed by atoms with Gasteiger partial charge in [-0.25, -0.2) is 0 Å². The Morgan fingerprint density at radius 3 is 2.59 bits per heavy atom. The summed E-state index contributed by atoms with van der Waals surface area (Å²) in [6.07, 6.45) is 1.18. The molecule has 0 amide bonds. The van der Waals surface area contributed by atoms with Crippen LogP contribution in [-0.4, -0.2) is 19.1 Å². The monoisotopic (exact) mass is 234 g/mol. The van der Waals surface area contributed by atoms with Crippen molar-refractivity contribution < 1.29 is 0 Å². The smallest absolute Gasteiger partial charge is 0.0208 e. The number of nitrogens with one attached hydrogen (secondary N) is 2. The maximum absolute atomic E-state index is 3.50. The number of rotatable bonds is 7. The number of hydrogen-bond donors (Lipinski definition) is 2. The summed E-state index contributed by atoms with van der Waals surface area (Å²) < 4.78 is 0. The Hall–Kier alpha value is -0.860. The van der Waals surface area contributed by atoms with Gasteiger partial charge in [0, 0.05) is 12.6 Å². The Morgan fingerprint density at radius 2 is 1.88 bits per heavy atom. The first-order chi connectivity index (χ1) is 8.09. The van der Waals surface area contributed by atoms with Gasteiger partial charge in [0.2, 0.25) is 0 Å². The number of benzene rings is 1. The third kappa shape index (κ3) is 5.85. The molecule has 0 heterocycles. The first-order valence-corrected chi connectivity index (χ1v) is 6.60. The fourth-order valence-electron chi connectivity index (χ4n) is 1.82. The van der Waals surface area contributed by atoms with E-state index in [9.17, 15) is 0 Å². The normalized spacial score (nSPS) is 11.1. The Bertz CT molecular complexity index is 332. The molecule has 96 valence electrons. The van der Waals surface area contributed by atoms with Crippen LogP contribution in [0.1, 0.15) is 37.0 Å². The van der Waals surface area contributed by atoms with Gasteiger partial charge in [-0.1, -0.05) is 37.6 Å². The van der Waals surface area contributed by atoms with Gasteiger partial charge in [0.25, 0.3) is 0 Å². The van der Waals surface area contributed by atoms with Gasteiger partial charge in [-0.2, -0.15) is 0 Å². The highest BCUT2D eigenvalue weighted by Crippen LogP contribution is 2.09. The van der Waals surface area contributed by atoms with E-state index in [1.165, 1.54) is 23.1 Å². The zero-order chi connectivity index (χ0) is 12.7. The second kappa shape index (κ2) is 7.46. The van der Waals surface area contributed by atoms with Gasteiger partial charge in [-0.3, -0.25) is 0 Å². The lowest BCUT2D eigenvalue weighted by atomic mass is 10.1. The highest BCUT2D eigenvalue weighted by molar-refractivity contribution is 5.30. The lowest BCUT2D eigenvalue weighted by molar-refractivity contribution is 0.547. The molecule has 0 spiro atoms. The van der Waals surface area contributed by atoms with Gasteiger partial charge in [-0.05, 0) is 44.5 Å². The van der Waals surface area contributed by atoms with E-state index >= 15 is 0 Å². The van der Waals surface area contributed by atoms with Crippen molar-refractivity contribution in [2.45, 2.75) is 46.7 Å². The van der Waals surface area contributed by atoms with Crippen molar-refractivity contribution in [2.75, 3.05) is 13.1 Å². The first kappa shape index (κ1) is 14.2. The van der Waals surface area contributed by atoms with Gasteiger partial charge >= 0.3 is 0 Å². The molecule has 0 fully saturated rings. The average Bonchev–Trinajstić information content (AvgIpc) is 2.27. The van der Waals surface area contributed by atoms with E-state index in [0.29, 0.717) is 6.04 Å². The summed E-state index contributed by atoms with van der Waals surface area (Å²) in [5.41, 5.74) is 4.14. The molecular weight excluding hydrogens is 208 g/mol. The van der Waals surface area contributed by atoms with Crippen LogP contribution in [0.5, 0.6) is 0 Å². The molecule has 1 rings (SSSR count). The quantitative estimate of drug-likeness (QED) is 0.709. The zero-order valence-corrected chi connectivity index (χ0v) is 11.6. The van der Waals surface area contributed by atoms with Gasteiger partial charge in [0.05, 0.1) is 0 Å². The molecule has 0 aliphatic rings. The van der Waals surface area contributed by atoms with Gasteiger partial charge in [0.1, 0.15) is 0 Å². The highest BCUT2D eigenvalue weighted by Gasteiger charge is 1.98. The minimum Gasteiger partial charge on any atom is -0.314 e. The fourth-order valence-corrected chi connectivity index (χ4v) is 1.82.